The Balaban J connectivity index is 3.12. The third kappa shape index (κ3) is 3.63. The first kappa shape index (κ1) is 14.3. The monoisotopic (exact) mass is 252 g/mol. The minimum atomic E-state index is -0.990. The molecule has 0 saturated heterocycles. The largest absolute Gasteiger partial charge is 0.478 e. The molecule has 1 rings (SSSR count). The molecule has 0 amide bonds. The van der Waals surface area contributed by atoms with Gasteiger partial charge in [-0.2, -0.15) is 0 Å². The average molecular weight is 252 g/mol. The predicted molar refractivity (Wildman–Crippen MR) is 72.0 cm³/mol. The summed E-state index contributed by atoms with van der Waals surface area (Å²) in [5.74, 6) is -0.990. The normalized spacial score (nSPS) is 11.3. The zero-order valence-corrected chi connectivity index (χ0v) is 11.0. The molecule has 0 radical (unpaired) electrons. The first-order valence-electron chi connectivity index (χ1n) is 5.84. The minimum Gasteiger partial charge on any atom is -0.478 e. The number of likely N-dealkylation sites (N-methyl/N-ethyl adjacent to an activating group) is 1. The molecule has 0 aliphatic carbocycles. The molecule has 0 heterocycles. The highest BCUT2D eigenvalue weighted by molar-refractivity contribution is 5.90. The third-order valence-electron chi connectivity index (χ3n) is 2.58. The Morgan fingerprint density at radius 2 is 2.06 bits per heavy atom. The SMILES string of the molecule is CCN(CC(C)(C)O)c1cc(C(=O)O)ccc1N. The van der Waals surface area contributed by atoms with Gasteiger partial charge in [-0.3, -0.25) is 0 Å². The lowest BCUT2D eigenvalue weighted by atomic mass is 10.1. The van der Waals surface area contributed by atoms with Crippen LogP contribution in [0, 0.1) is 0 Å². The fraction of sp³-hybridized carbons (Fsp3) is 0.462. The molecule has 0 bridgehead atoms. The van der Waals surface area contributed by atoms with E-state index in [9.17, 15) is 9.90 Å². The second-order valence-electron chi connectivity index (χ2n) is 4.91. The highest BCUT2D eigenvalue weighted by Gasteiger charge is 2.20. The molecular formula is C13H20N2O3. The number of anilines is 2. The summed E-state index contributed by atoms with van der Waals surface area (Å²) in [5, 5.41) is 18.8. The summed E-state index contributed by atoms with van der Waals surface area (Å²) < 4.78 is 0. The first-order valence-corrected chi connectivity index (χ1v) is 5.84. The first-order chi connectivity index (χ1) is 8.24. The molecule has 0 saturated carbocycles. The number of carboxylic acids is 1. The molecule has 0 atom stereocenters. The molecule has 5 nitrogen and oxygen atoms in total. The Hall–Kier alpha value is -1.75. The van der Waals surface area contributed by atoms with E-state index < -0.39 is 11.6 Å². The standard InChI is InChI=1S/C13H20N2O3/c1-4-15(8-13(2,3)18)11-7-9(12(16)17)5-6-10(11)14/h5-7,18H,4,8,14H2,1-3H3,(H,16,17). The Morgan fingerprint density at radius 3 is 2.50 bits per heavy atom. The molecule has 100 valence electrons. The lowest BCUT2D eigenvalue weighted by Gasteiger charge is -2.30. The van der Waals surface area contributed by atoms with Crippen LogP contribution in [0.2, 0.25) is 0 Å². The van der Waals surface area contributed by atoms with Crippen molar-refractivity contribution >= 4 is 17.3 Å². The number of aromatic carboxylic acids is 1. The Morgan fingerprint density at radius 1 is 1.44 bits per heavy atom. The second kappa shape index (κ2) is 5.27. The van der Waals surface area contributed by atoms with Crippen LogP contribution in [-0.4, -0.2) is 34.9 Å². The van der Waals surface area contributed by atoms with Gasteiger partial charge in [0.1, 0.15) is 0 Å². The molecule has 1 aromatic carbocycles. The number of carboxylic acid groups (broad SMARTS) is 1. The Kier molecular flexibility index (Phi) is 4.19. The lowest BCUT2D eigenvalue weighted by Crippen LogP contribution is -2.39. The van der Waals surface area contributed by atoms with Gasteiger partial charge in [-0.05, 0) is 39.0 Å². The van der Waals surface area contributed by atoms with Crippen LogP contribution in [0.4, 0.5) is 11.4 Å². The van der Waals surface area contributed by atoms with Gasteiger partial charge in [0.05, 0.1) is 22.5 Å². The van der Waals surface area contributed by atoms with Gasteiger partial charge in [-0.15, -0.1) is 0 Å². The Bertz CT molecular complexity index is 438. The van der Waals surface area contributed by atoms with Gasteiger partial charge >= 0.3 is 5.97 Å². The van der Waals surface area contributed by atoms with Crippen LogP contribution in [0.3, 0.4) is 0 Å². The number of rotatable bonds is 5. The maximum Gasteiger partial charge on any atom is 0.335 e. The quantitative estimate of drug-likeness (QED) is 0.692. The maximum atomic E-state index is 11.0. The number of nitrogen functional groups attached to an aromatic ring is 1. The van der Waals surface area contributed by atoms with Gasteiger partial charge in [-0.1, -0.05) is 0 Å². The lowest BCUT2D eigenvalue weighted by molar-refractivity contribution is 0.0697. The summed E-state index contributed by atoms with van der Waals surface area (Å²) in [5.41, 5.74) is 6.33. The summed E-state index contributed by atoms with van der Waals surface area (Å²) in [6.07, 6.45) is 0. The van der Waals surface area contributed by atoms with Crippen molar-refractivity contribution in [3.8, 4) is 0 Å². The fourth-order valence-electron chi connectivity index (χ4n) is 1.78. The molecular weight excluding hydrogens is 232 g/mol. The summed E-state index contributed by atoms with van der Waals surface area (Å²) in [6, 6.07) is 4.58. The van der Waals surface area contributed by atoms with Crippen LogP contribution in [0.1, 0.15) is 31.1 Å². The van der Waals surface area contributed by atoms with Gasteiger partial charge in [-0.25, -0.2) is 4.79 Å². The third-order valence-corrected chi connectivity index (χ3v) is 2.58. The van der Waals surface area contributed by atoms with Gasteiger partial charge in [0.25, 0.3) is 0 Å². The average Bonchev–Trinajstić information content (AvgIpc) is 2.25. The molecule has 1 aromatic rings. The number of hydrogen-bond donors (Lipinski definition) is 3. The van der Waals surface area contributed by atoms with E-state index in [1.54, 1.807) is 19.9 Å². The van der Waals surface area contributed by atoms with Crippen LogP contribution in [-0.2, 0) is 0 Å². The molecule has 5 heteroatoms. The molecule has 0 aliphatic rings. The van der Waals surface area contributed by atoms with E-state index in [1.807, 2.05) is 11.8 Å². The summed E-state index contributed by atoms with van der Waals surface area (Å²) in [4.78, 5) is 12.8. The Labute approximate surface area is 107 Å². The molecule has 18 heavy (non-hydrogen) atoms. The van der Waals surface area contributed by atoms with Crippen molar-refractivity contribution in [1.82, 2.24) is 0 Å². The summed E-state index contributed by atoms with van der Waals surface area (Å²) in [7, 11) is 0. The fourth-order valence-corrected chi connectivity index (χ4v) is 1.78. The molecule has 0 aromatic heterocycles. The van der Waals surface area contributed by atoms with Crippen molar-refractivity contribution in [2.75, 3.05) is 23.7 Å². The van der Waals surface area contributed by atoms with Crippen LogP contribution >= 0.6 is 0 Å². The topological polar surface area (TPSA) is 86.8 Å². The van der Waals surface area contributed by atoms with Crippen molar-refractivity contribution in [1.29, 1.82) is 0 Å². The van der Waals surface area contributed by atoms with E-state index in [0.29, 0.717) is 24.5 Å². The highest BCUT2D eigenvalue weighted by Crippen LogP contribution is 2.26. The molecule has 0 aliphatic heterocycles. The van der Waals surface area contributed by atoms with Crippen molar-refractivity contribution in [2.24, 2.45) is 0 Å². The smallest absolute Gasteiger partial charge is 0.335 e. The molecule has 4 N–H and O–H groups in total. The zero-order valence-electron chi connectivity index (χ0n) is 11.0. The zero-order chi connectivity index (χ0) is 13.9. The number of benzene rings is 1. The van der Waals surface area contributed by atoms with Gasteiger partial charge in [0, 0.05) is 13.1 Å². The van der Waals surface area contributed by atoms with Crippen LogP contribution in [0.25, 0.3) is 0 Å². The van der Waals surface area contributed by atoms with Crippen molar-refractivity contribution in [2.45, 2.75) is 26.4 Å². The second-order valence-corrected chi connectivity index (χ2v) is 4.91. The maximum absolute atomic E-state index is 11.0. The number of nitrogens with two attached hydrogens (primary N) is 1. The predicted octanol–water partition coefficient (Wildman–Crippen LogP) is 1.56. The van der Waals surface area contributed by atoms with Gasteiger partial charge in [0.15, 0.2) is 0 Å². The van der Waals surface area contributed by atoms with E-state index >= 15 is 0 Å². The number of aliphatic hydroxyl groups is 1. The van der Waals surface area contributed by atoms with Crippen molar-refractivity contribution in [3.63, 3.8) is 0 Å². The van der Waals surface area contributed by atoms with E-state index in [0.717, 1.165) is 0 Å². The van der Waals surface area contributed by atoms with Crippen LogP contribution in [0.5, 0.6) is 0 Å². The number of hydrogen-bond acceptors (Lipinski definition) is 4. The summed E-state index contributed by atoms with van der Waals surface area (Å²) >= 11 is 0. The molecule has 0 spiro atoms. The van der Waals surface area contributed by atoms with E-state index in [4.69, 9.17) is 10.8 Å². The van der Waals surface area contributed by atoms with Gasteiger partial charge in [0.2, 0.25) is 0 Å². The number of nitrogens with zero attached hydrogens (tertiary/aromatic N) is 1. The summed E-state index contributed by atoms with van der Waals surface area (Å²) in [6.45, 7) is 6.35. The van der Waals surface area contributed by atoms with Gasteiger partial charge < -0.3 is 20.8 Å². The highest BCUT2D eigenvalue weighted by atomic mass is 16.4. The number of carbonyl (C=O) groups is 1. The molecule has 0 fully saturated rings. The van der Waals surface area contributed by atoms with Crippen LogP contribution < -0.4 is 10.6 Å². The molecule has 0 unspecified atom stereocenters. The van der Waals surface area contributed by atoms with Crippen molar-refractivity contribution < 1.29 is 15.0 Å². The van der Waals surface area contributed by atoms with Crippen molar-refractivity contribution in [3.05, 3.63) is 23.8 Å². The van der Waals surface area contributed by atoms with Crippen LogP contribution in [0.15, 0.2) is 18.2 Å². The minimum absolute atomic E-state index is 0.188. The van der Waals surface area contributed by atoms with E-state index in [-0.39, 0.29) is 5.56 Å². The van der Waals surface area contributed by atoms with E-state index in [1.165, 1.54) is 12.1 Å². The van der Waals surface area contributed by atoms with E-state index in [2.05, 4.69) is 0 Å².